The quantitative estimate of drug-likeness (QED) is 0.559. The Balaban J connectivity index is 1.91. The first-order chi connectivity index (χ1) is 12.2. The minimum absolute atomic E-state index is 0.105. The average molecular weight is 377 g/mol. The van der Waals surface area contributed by atoms with Gasteiger partial charge in [-0.2, -0.15) is 5.10 Å². The molecule has 9 heteroatoms. The van der Waals surface area contributed by atoms with Crippen LogP contribution in [0.15, 0.2) is 36.9 Å². The van der Waals surface area contributed by atoms with Crippen molar-refractivity contribution in [3.05, 3.63) is 47.0 Å². The highest BCUT2D eigenvalue weighted by Crippen LogP contribution is 2.38. The first kappa shape index (κ1) is 16.1. The van der Waals surface area contributed by atoms with Crippen molar-refractivity contribution >= 4 is 34.1 Å². The molecular formula is C16H14Cl2N6O. The molecule has 0 atom stereocenters. The van der Waals surface area contributed by atoms with E-state index in [-0.39, 0.29) is 6.61 Å². The zero-order valence-corrected chi connectivity index (χ0v) is 14.5. The van der Waals surface area contributed by atoms with Crippen LogP contribution in [0.5, 0.6) is 0 Å². The van der Waals surface area contributed by atoms with Crippen LogP contribution < -0.4 is 0 Å². The summed E-state index contributed by atoms with van der Waals surface area (Å²) in [5.41, 5.74) is 2.67. The van der Waals surface area contributed by atoms with Gasteiger partial charge in [0.2, 0.25) is 0 Å². The van der Waals surface area contributed by atoms with Gasteiger partial charge in [0.15, 0.2) is 5.82 Å². The number of benzene rings is 1. The standard InChI is InChI=1S/C16H14Cl2N6O/c17-13-3-2-11-12(10-6-19-20-7-10)8-24(16(11)15(13)18)14-9-23(22-21-14)4-1-5-25/h2-3,6-9,25H,1,4-5H2,(H,19,20). The molecule has 0 aliphatic heterocycles. The molecule has 0 saturated heterocycles. The van der Waals surface area contributed by atoms with Crippen LogP contribution in [0.1, 0.15) is 6.42 Å². The van der Waals surface area contributed by atoms with Gasteiger partial charge in [-0.3, -0.25) is 14.3 Å². The number of hydrogen-bond donors (Lipinski definition) is 2. The van der Waals surface area contributed by atoms with E-state index < -0.39 is 0 Å². The molecule has 0 aliphatic carbocycles. The minimum Gasteiger partial charge on any atom is -0.396 e. The van der Waals surface area contributed by atoms with E-state index in [1.165, 1.54) is 0 Å². The maximum atomic E-state index is 8.96. The van der Waals surface area contributed by atoms with Crippen molar-refractivity contribution in [2.24, 2.45) is 0 Å². The molecule has 0 aliphatic rings. The van der Waals surface area contributed by atoms with E-state index >= 15 is 0 Å². The van der Waals surface area contributed by atoms with Gasteiger partial charge in [-0.25, -0.2) is 0 Å². The average Bonchev–Trinajstić information content (AvgIpc) is 3.34. The fourth-order valence-corrected chi connectivity index (χ4v) is 3.21. The van der Waals surface area contributed by atoms with Gasteiger partial charge >= 0.3 is 0 Å². The fraction of sp³-hybridized carbons (Fsp3) is 0.188. The molecule has 0 unspecified atom stereocenters. The van der Waals surface area contributed by atoms with Crippen LogP contribution in [0.4, 0.5) is 0 Å². The third-order valence-electron chi connectivity index (χ3n) is 3.99. The lowest BCUT2D eigenvalue weighted by Crippen LogP contribution is -2.00. The molecule has 4 rings (SSSR count). The molecule has 0 saturated carbocycles. The molecule has 0 bridgehead atoms. The summed E-state index contributed by atoms with van der Waals surface area (Å²) in [6.45, 7) is 0.694. The number of H-pyrrole nitrogens is 1. The first-order valence-corrected chi connectivity index (χ1v) is 8.44. The predicted molar refractivity (Wildman–Crippen MR) is 96.2 cm³/mol. The van der Waals surface area contributed by atoms with Gasteiger partial charge in [-0.1, -0.05) is 34.5 Å². The molecule has 25 heavy (non-hydrogen) atoms. The summed E-state index contributed by atoms with van der Waals surface area (Å²) in [6.07, 6.45) is 7.94. The second-order valence-corrected chi connectivity index (χ2v) is 6.36. The van der Waals surface area contributed by atoms with E-state index in [0.717, 1.165) is 22.0 Å². The Morgan fingerprint density at radius 3 is 2.84 bits per heavy atom. The molecule has 1 aromatic carbocycles. The first-order valence-electron chi connectivity index (χ1n) is 7.68. The van der Waals surface area contributed by atoms with Crippen LogP contribution in [-0.2, 0) is 6.54 Å². The van der Waals surface area contributed by atoms with E-state index in [1.807, 2.05) is 29.2 Å². The SMILES string of the molecule is OCCCn1cc(-n2cc(-c3cn[nH]c3)c3ccc(Cl)c(Cl)c32)nn1. The number of halogens is 2. The normalized spacial score (nSPS) is 11.5. The topological polar surface area (TPSA) is 84.5 Å². The van der Waals surface area contributed by atoms with E-state index in [9.17, 15) is 0 Å². The molecule has 3 aromatic heterocycles. The Bertz CT molecular complexity index is 1020. The summed E-state index contributed by atoms with van der Waals surface area (Å²) in [5, 5.41) is 26.0. The molecule has 4 aromatic rings. The van der Waals surface area contributed by atoms with Crippen molar-refractivity contribution in [1.82, 2.24) is 29.8 Å². The molecule has 7 nitrogen and oxygen atoms in total. The predicted octanol–water partition coefficient (Wildman–Crippen LogP) is 3.30. The number of aromatic amines is 1. The zero-order valence-electron chi connectivity index (χ0n) is 13.0. The number of aliphatic hydroxyl groups is 1. The highest BCUT2D eigenvalue weighted by atomic mass is 35.5. The van der Waals surface area contributed by atoms with Gasteiger partial charge in [0.05, 0.1) is 28.0 Å². The van der Waals surface area contributed by atoms with Crippen LogP contribution in [0.25, 0.3) is 27.8 Å². The monoisotopic (exact) mass is 376 g/mol. The van der Waals surface area contributed by atoms with Gasteiger partial charge in [0.25, 0.3) is 0 Å². The molecule has 2 N–H and O–H groups in total. The third kappa shape index (κ3) is 2.80. The van der Waals surface area contributed by atoms with Crippen LogP contribution in [0.2, 0.25) is 10.0 Å². The summed E-state index contributed by atoms with van der Waals surface area (Å²) < 4.78 is 3.56. The lowest BCUT2D eigenvalue weighted by molar-refractivity contribution is 0.276. The lowest BCUT2D eigenvalue weighted by Gasteiger charge is -2.03. The Morgan fingerprint density at radius 2 is 2.08 bits per heavy atom. The maximum Gasteiger partial charge on any atom is 0.179 e. The van der Waals surface area contributed by atoms with E-state index in [4.69, 9.17) is 28.3 Å². The molecule has 0 amide bonds. The second kappa shape index (κ2) is 6.51. The highest BCUT2D eigenvalue weighted by Gasteiger charge is 2.18. The molecule has 0 spiro atoms. The van der Waals surface area contributed by atoms with Gasteiger partial charge in [0.1, 0.15) is 0 Å². The van der Waals surface area contributed by atoms with E-state index in [0.29, 0.717) is 28.8 Å². The van der Waals surface area contributed by atoms with Crippen LogP contribution in [-0.4, -0.2) is 41.5 Å². The van der Waals surface area contributed by atoms with Gasteiger partial charge in [-0.05, 0) is 12.5 Å². The molecule has 3 heterocycles. The minimum atomic E-state index is 0.105. The van der Waals surface area contributed by atoms with Crippen molar-refractivity contribution in [3.63, 3.8) is 0 Å². The molecule has 0 fully saturated rings. The Kier molecular flexibility index (Phi) is 4.20. The van der Waals surface area contributed by atoms with Crippen molar-refractivity contribution in [2.45, 2.75) is 13.0 Å². The fourth-order valence-electron chi connectivity index (χ4n) is 2.81. The van der Waals surface area contributed by atoms with Crippen molar-refractivity contribution in [2.75, 3.05) is 6.61 Å². The summed E-state index contributed by atoms with van der Waals surface area (Å²) in [6, 6.07) is 3.71. The third-order valence-corrected chi connectivity index (χ3v) is 4.78. The number of nitrogens with one attached hydrogen (secondary N) is 1. The number of fused-ring (bicyclic) bond motifs is 1. The Morgan fingerprint density at radius 1 is 1.20 bits per heavy atom. The molecule has 128 valence electrons. The number of aromatic nitrogens is 6. The number of aliphatic hydroxyl groups excluding tert-OH is 1. The smallest absolute Gasteiger partial charge is 0.179 e. The summed E-state index contributed by atoms with van der Waals surface area (Å²) in [5.74, 6) is 0.627. The van der Waals surface area contributed by atoms with Crippen molar-refractivity contribution in [3.8, 4) is 16.9 Å². The number of nitrogens with zero attached hydrogens (tertiary/aromatic N) is 5. The van der Waals surface area contributed by atoms with Crippen LogP contribution in [0.3, 0.4) is 0 Å². The number of rotatable bonds is 5. The van der Waals surface area contributed by atoms with Gasteiger partial charge in [0, 0.05) is 42.1 Å². The largest absolute Gasteiger partial charge is 0.396 e. The Hall–Kier alpha value is -2.35. The van der Waals surface area contributed by atoms with Crippen molar-refractivity contribution < 1.29 is 5.11 Å². The summed E-state index contributed by atoms with van der Waals surface area (Å²) in [7, 11) is 0. The summed E-state index contributed by atoms with van der Waals surface area (Å²) in [4.78, 5) is 0. The zero-order chi connectivity index (χ0) is 17.4. The van der Waals surface area contributed by atoms with Crippen molar-refractivity contribution in [1.29, 1.82) is 0 Å². The van der Waals surface area contributed by atoms with E-state index in [2.05, 4.69) is 20.5 Å². The number of aryl methyl sites for hydroxylation is 1. The van der Waals surface area contributed by atoms with Gasteiger partial charge < -0.3 is 5.11 Å². The Labute approximate surface area is 152 Å². The lowest BCUT2D eigenvalue weighted by atomic mass is 10.1. The van der Waals surface area contributed by atoms with Crippen LogP contribution >= 0.6 is 23.2 Å². The highest BCUT2D eigenvalue weighted by molar-refractivity contribution is 6.45. The molecular weight excluding hydrogens is 363 g/mol. The number of hydrogen-bond acceptors (Lipinski definition) is 4. The van der Waals surface area contributed by atoms with E-state index in [1.54, 1.807) is 16.9 Å². The van der Waals surface area contributed by atoms with Gasteiger partial charge in [-0.15, -0.1) is 5.10 Å². The molecule has 0 radical (unpaired) electrons. The summed E-state index contributed by atoms with van der Waals surface area (Å²) >= 11 is 12.7. The maximum absolute atomic E-state index is 8.96. The van der Waals surface area contributed by atoms with Crippen LogP contribution in [0, 0.1) is 0 Å². The second-order valence-electron chi connectivity index (χ2n) is 5.57.